The highest BCUT2D eigenvalue weighted by Gasteiger charge is 2.27. The van der Waals surface area contributed by atoms with E-state index in [1.165, 1.54) is 5.01 Å². The van der Waals surface area contributed by atoms with Crippen LogP contribution in [0.5, 0.6) is 5.75 Å². The third-order valence-electron chi connectivity index (χ3n) is 2.31. The molecular formula is C12H15N3O3. The number of hydrazone groups is 1. The quantitative estimate of drug-likeness (QED) is 0.800. The van der Waals surface area contributed by atoms with Crippen LogP contribution in [0.3, 0.4) is 0 Å². The van der Waals surface area contributed by atoms with E-state index >= 15 is 0 Å². The molecule has 0 aliphatic carbocycles. The molecule has 6 nitrogen and oxygen atoms in total. The van der Waals surface area contributed by atoms with Crippen LogP contribution in [-0.4, -0.2) is 42.3 Å². The molecule has 0 radical (unpaired) electrons. The van der Waals surface area contributed by atoms with Crippen LogP contribution in [0.4, 0.5) is 4.79 Å². The van der Waals surface area contributed by atoms with Crippen LogP contribution in [0.25, 0.3) is 0 Å². The first-order chi connectivity index (χ1) is 8.70. The molecule has 0 bridgehead atoms. The van der Waals surface area contributed by atoms with Gasteiger partial charge in [-0.1, -0.05) is 18.2 Å². The smallest absolute Gasteiger partial charge is 0.437 e. The van der Waals surface area contributed by atoms with Crippen molar-refractivity contribution in [2.45, 2.75) is 6.92 Å². The minimum atomic E-state index is -0.525. The summed E-state index contributed by atoms with van der Waals surface area (Å²) < 4.78 is 10.4. The van der Waals surface area contributed by atoms with Crippen LogP contribution in [0.2, 0.25) is 0 Å². The lowest BCUT2D eigenvalue weighted by atomic mass is 10.3. The van der Waals surface area contributed by atoms with Crippen LogP contribution >= 0.6 is 0 Å². The average molecular weight is 249 g/mol. The van der Waals surface area contributed by atoms with Crippen molar-refractivity contribution < 1.29 is 14.3 Å². The van der Waals surface area contributed by atoms with E-state index in [2.05, 4.69) is 5.10 Å². The van der Waals surface area contributed by atoms with E-state index in [9.17, 15) is 4.79 Å². The fraction of sp³-hybridized carbons (Fsp3) is 0.333. The van der Waals surface area contributed by atoms with Gasteiger partial charge in [0.2, 0.25) is 0 Å². The molecule has 2 rings (SSSR count). The van der Waals surface area contributed by atoms with E-state index < -0.39 is 6.09 Å². The van der Waals surface area contributed by atoms with Gasteiger partial charge in [0.25, 0.3) is 0 Å². The largest absolute Gasteiger partial charge is 0.464 e. The highest BCUT2D eigenvalue weighted by Crippen LogP contribution is 2.13. The Morgan fingerprint density at radius 3 is 2.78 bits per heavy atom. The summed E-state index contributed by atoms with van der Waals surface area (Å²) >= 11 is 0. The number of hydrogen-bond acceptors (Lipinski definition) is 5. The van der Waals surface area contributed by atoms with Crippen LogP contribution < -0.4 is 4.74 Å². The molecular weight excluding hydrogens is 234 g/mol. The molecule has 1 aliphatic rings. The molecule has 96 valence electrons. The van der Waals surface area contributed by atoms with Gasteiger partial charge >= 0.3 is 12.1 Å². The van der Waals surface area contributed by atoms with Gasteiger partial charge in [0, 0.05) is 7.05 Å². The van der Waals surface area contributed by atoms with Crippen LogP contribution in [0.1, 0.15) is 6.92 Å². The highest BCUT2D eigenvalue weighted by atomic mass is 16.6. The van der Waals surface area contributed by atoms with Crippen molar-refractivity contribution in [3.05, 3.63) is 30.3 Å². The third kappa shape index (κ3) is 2.71. The van der Waals surface area contributed by atoms with Crippen molar-refractivity contribution in [1.29, 1.82) is 0 Å². The molecule has 0 N–H and O–H groups in total. The number of carbonyl (C=O) groups excluding carboxylic acids is 1. The number of para-hydroxylation sites is 1. The number of amidine groups is 1. The lowest BCUT2D eigenvalue weighted by molar-refractivity contribution is 0.148. The summed E-state index contributed by atoms with van der Waals surface area (Å²) in [5.74, 6) is 0.491. The number of hydrogen-bond donors (Lipinski definition) is 0. The van der Waals surface area contributed by atoms with Crippen LogP contribution in [-0.2, 0) is 4.74 Å². The normalized spacial score (nSPS) is 14.4. The SMILES string of the molecule is CCOC1=NN(C(=O)Oc2ccccc2)CN1C. The molecule has 0 saturated carbocycles. The predicted octanol–water partition coefficient (Wildman–Crippen LogP) is 1.70. The molecule has 6 heteroatoms. The summed E-state index contributed by atoms with van der Waals surface area (Å²) in [5, 5.41) is 5.25. The molecule has 0 aromatic heterocycles. The van der Waals surface area contributed by atoms with Gasteiger partial charge in [-0.05, 0) is 19.1 Å². The average Bonchev–Trinajstić information content (AvgIpc) is 2.73. The van der Waals surface area contributed by atoms with Gasteiger partial charge in [0.15, 0.2) is 0 Å². The topological polar surface area (TPSA) is 54.4 Å². The number of nitrogens with zero attached hydrogens (tertiary/aromatic N) is 3. The zero-order valence-electron chi connectivity index (χ0n) is 10.4. The molecule has 0 atom stereocenters. The summed E-state index contributed by atoms with van der Waals surface area (Å²) in [7, 11) is 1.80. The van der Waals surface area contributed by atoms with Gasteiger partial charge in [0.1, 0.15) is 12.4 Å². The maximum atomic E-state index is 11.8. The summed E-state index contributed by atoms with van der Waals surface area (Å²) in [5.41, 5.74) is 0. The third-order valence-corrected chi connectivity index (χ3v) is 2.31. The summed E-state index contributed by atoms with van der Waals surface area (Å²) in [6, 6.07) is 9.30. The number of ether oxygens (including phenoxy) is 2. The maximum Gasteiger partial charge on any atom is 0.437 e. The summed E-state index contributed by atoms with van der Waals surface area (Å²) in [6.07, 6.45) is -0.525. The molecule has 0 fully saturated rings. The second-order valence-electron chi connectivity index (χ2n) is 3.74. The Hall–Kier alpha value is -2.24. The van der Waals surface area contributed by atoms with Gasteiger partial charge < -0.3 is 14.4 Å². The minimum Gasteiger partial charge on any atom is -0.464 e. The molecule has 1 aromatic rings. The van der Waals surface area contributed by atoms with Crippen molar-refractivity contribution in [2.24, 2.45) is 5.10 Å². The van der Waals surface area contributed by atoms with Crippen molar-refractivity contribution in [3.63, 3.8) is 0 Å². The zero-order chi connectivity index (χ0) is 13.0. The molecule has 0 unspecified atom stereocenters. The molecule has 1 amide bonds. The fourth-order valence-corrected chi connectivity index (χ4v) is 1.48. The Kier molecular flexibility index (Phi) is 3.66. The van der Waals surface area contributed by atoms with Gasteiger partial charge in [-0.2, -0.15) is 5.01 Å². The van der Waals surface area contributed by atoms with E-state index in [0.29, 0.717) is 25.0 Å². The Labute approximate surface area is 105 Å². The van der Waals surface area contributed by atoms with Gasteiger partial charge in [0.05, 0.1) is 6.61 Å². The van der Waals surface area contributed by atoms with E-state index in [4.69, 9.17) is 9.47 Å². The first-order valence-electron chi connectivity index (χ1n) is 5.67. The Bertz CT molecular complexity index is 447. The van der Waals surface area contributed by atoms with Crippen molar-refractivity contribution >= 4 is 12.1 Å². The number of amides is 1. The number of rotatable bonds is 2. The highest BCUT2D eigenvalue weighted by molar-refractivity contribution is 5.80. The Morgan fingerprint density at radius 1 is 1.39 bits per heavy atom. The van der Waals surface area contributed by atoms with Crippen molar-refractivity contribution in [1.82, 2.24) is 9.91 Å². The summed E-state index contributed by atoms with van der Waals surface area (Å²) in [4.78, 5) is 13.6. The maximum absolute atomic E-state index is 11.8. The summed E-state index contributed by atoms with van der Waals surface area (Å²) in [6.45, 7) is 2.69. The van der Waals surface area contributed by atoms with E-state index in [-0.39, 0.29) is 0 Å². The molecule has 1 aromatic carbocycles. The first kappa shape index (κ1) is 12.2. The predicted molar refractivity (Wildman–Crippen MR) is 66.0 cm³/mol. The van der Waals surface area contributed by atoms with Crippen molar-refractivity contribution in [3.8, 4) is 5.75 Å². The molecule has 0 spiro atoms. The standard InChI is InChI=1S/C12H15N3O3/c1-3-17-11-13-15(9-14(11)2)12(16)18-10-7-5-4-6-8-10/h4-8H,3,9H2,1-2H3. The molecule has 1 heterocycles. The Morgan fingerprint density at radius 2 is 2.11 bits per heavy atom. The first-order valence-corrected chi connectivity index (χ1v) is 5.67. The zero-order valence-corrected chi connectivity index (χ0v) is 10.4. The molecule has 18 heavy (non-hydrogen) atoms. The monoisotopic (exact) mass is 249 g/mol. The second kappa shape index (κ2) is 5.39. The lowest BCUT2D eigenvalue weighted by Crippen LogP contribution is -2.32. The minimum absolute atomic E-state index is 0.320. The molecule has 0 saturated heterocycles. The Balaban J connectivity index is 1.99. The van der Waals surface area contributed by atoms with Gasteiger partial charge in [-0.15, -0.1) is 5.10 Å². The second-order valence-corrected chi connectivity index (χ2v) is 3.74. The fourth-order valence-electron chi connectivity index (χ4n) is 1.48. The molecule has 1 aliphatic heterocycles. The lowest BCUT2D eigenvalue weighted by Gasteiger charge is -2.14. The van der Waals surface area contributed by atoms with Gasteiger partial charge in [-0.25, -0.2) is 4.79 Å². The van der Waals surface area contributed by atoms with Crippen LogP contribution in [0.15, 0.2) is 35.4 Å². The van der Waals surface area contributed by atoms with E-state index in [1.54, 1.807) is 36.2 Å². The van der Waals surface area contributed by atoms with Crippen LogP contribution in [0, 0.1) is 0 Å². The number of benzene rings is 1. The van der Waals surface area contributed by atoms with Crippen molar-refractivity contribution in [2.75, 3.05) is 20.3 Å². The van der Waals surface area contributed by atoms with E-state index in [0.717, 1.165) is 0 Å². The van der Waals surface area contributed by atoms with E-state index in [1.807, 2.05) is 13.0 Å². The number of carbonyl (C=O) groups is 1. The van der Waals surface area contributed by atoms with Gasteiger partial charge in [-0.3, -0.25) is 0 Å².